The number of nitrogens with one attached hydrogen (secondary N) is 1. The first kappa shape index (κ1) is 11.6. The van der Waals surface area contributed by atoms with E-state index in [4.69, 9.17) is 0 Å². The summed E-state index contributed by atoms with van der Waals surface area (Å²) >= 11 is 0. The fourth-order valence-electron chi connectivity index (χ4n) is 2.47. The molecule has 0 spiro atoms. The maximum atomic E-state index is 12.9. The number of amides is 1. The monoisotopic (exact) mass is 249 g/mol. The van der Waals surface area contributed by atoms with Gasteiger partial charge in [0.25, 0.3) is 5.91 Å². The molecule has 5 heteroatoms. The Kier molecular flexibility index (Phi) is 2.99. The molecule has 2 fully saturated rings. The first-order valence-corrected chi connectivity index (χ1v) is 6.40. The third kappa shape index (κ3) is 2.51. The zero-order valence-electron chi connectivity index (χ0n) is 10.1. The first-order chi connectivity index (χ1) is 8.72. The summed E-state index contributed by atoms with van der Waals surface area (Å²) in [5.41, 5.74) is 0.153. The first-order valence-electron chi connectivity index (χ1n) is 6.40. The predicted octanol–water partition coefficient (Wildman–Crippen LogP) is 1.19. The Bertz CT molecular complexity index is 461. The Balaban J connectivity index is 1.58. The van der Waals surface area contributed by atoms with Crippen molar-refractivity contribution in [2.24, 2.45) is 0 Å². The highest BCUT2D eigenvalue weighted by molar-refractivity contribution is 5.92. The van der Waals surface area contributed by atoms with Crippen LogP contribution in [0.3, 0.4) is 0 Å². The Labute approximate surface area is 105 Å². The number of hydrogen-bond acceptors (Lipinski definition) is 3. The van der Waals surface area contributed by atoms with Crippen molar-refractivity contribution in [2.75, 3.05) is 13.1 Å². The zero-order valence-corrected chi connectivity index (χ0v) is 10.1. The lowest BCUT2D eigenvalue weighted by atomic mass is 10.2. The van der Waals surface area contributed by atoms with Crippen LogP contribution in [0.1, 0.15) is 29.8 Å². The van der Waals surface area contributed by atoms with Crippen LogP contribution in [0.15, 0.2) is 18.2 Å². The van der Waals surface area contributed by atoms with E-state index >= 15 is 0 Å². The number of halogens is 1. The van der Waals surface area contributed by atoms with Gasteiger partial charge in [-0.2, -0.15) is 4.39 Å². The molecule has 1 amide bonds. The SMILES string of the molecule is O=C(NC1CCN(C2CC2)C1)c1cccc(F)n1. The molecule has 1 saturated heterocycles. The highest BCUT2D eigenvalue weighted by Crippen LogP contribution is 2.29. The van der Waals surface area contributed by atoms with Gasteiger partial charge in [-0.05, 0) is 31.4 Å². The van der Waals surface area contributed by atoms with Gasteiger partial charge in [-0.25, -0.2) is 4.98 Å². The molecule has 3 rings (SSSR count). The van der Waals surface area contributed by atoms with Gasteiger partial charge >= 0.3 is 0 Å². The maximum absolute atomic E-state index is 12.9. The van der Waals surface area contributed by atoms with Gasteiger partial charge in [-0.1, -0.05) is 6.07 Å². The number of carbonyl (C=O) groups excluding carboxylic acids is 1. The van der Waals surface area contributed by atoms with Gasteiger partial charge in [0, 0.05) is 25.2 Å². The number of nitrogens with zero attached hydrogens (tertiary/aromatic N) is 2. The van der Waals surface area contributed by atoms with Crippen LogP contribution in [-0.2, 0) is 0 Å². The third-order valence-corrected chi connectivity index (χ3v) is 3.57. The highest BCUT2D eigenvalue weighted by Gasteiger charge is 2.34. The molecule has 1 saturated carbocycles. The van der Waals surface area contributed by atoms with E-state index in [1.54, 1.807) is 0 Å². The maximum Gasteiger partial charge on any atom is 0.270 e. The highest BCUT2D eigenvalue weighted by atomic mass is 19.1. The molecule has 1 aliphatic carbocycles. The zero-order chi connectivity index (χ0) is 12.5. The summed E-state index contributed by atoms with van der Waals surface area (Å²) in [5, 5.41) is 2.93. The summed E-state index contributed by atoms with van der Waals surface area (Å²) in [6.07, 6.45) is 3.54. The van der Waals surface area contributed by atoms with Crippen LogP contribution in [0, 0.1) is 5.95 Å². The van der Waals surface area contributed by atoms with Crippen molar-refractivity contribution in [1.29, 1.82) is 0 Å². The molecule has 2 aliphatic rings. The van der Waals surface area contributed by atoms with E-state index in [1.807, 2.05) is 0 Å². The average Bonchev–Trinajstić information content (AvgIpc) is 3.11. The normalized spacial score (nSPS) is 24.2. The minimum Gasteiger partial charge on any atom is -0.347 e. The van der Waals surface area contributed by atoms with E-state index < -0.39 is 5.95 Å². The summed E-state index contributed by atoms with van der Waals surface area (Å²) in [7, 11) is 0. The van der Waals surface area contributed by atoms with E-state index in [0.717, 1.165) is 25.6 Å². The molecule has 1 unspecified atom stereocenters. The molecule has 1 N–H and O–H groups in total. The van der Waals surface area contributed by atoms with Crippen molar-refractivity contribution in [3.05, 3.63) is 29.8 Å². The largest absolute Gasteiger partial charge is 0.347 e. The lowest BCUT2D eigenvalue weighted by Crippen LogP contribution is -2.37. The van der Waals surface area contributed by atoms with Crippen LogP contribution in [0.4, 0.5) is 4.39 Å². The molecule has 0 bridgehead atoms. The fourth-order valence-corrected chi connectivity index (χ4v) is 2.47. The topological polar surface area (TPSA) is 45.2 Å². The number of likely N-dealkylation sites (tertiary alicyclic amines) is 1. The Morgan fingerprint density at radius 3 is 2.94 bits per heavy atom. The molecular weight excluding hydrogens is 233 g/mol. The van der Waals surface area contributed by atoms with E-state index in [-0.39, 0.29) is 17.6 Å². The molecule has 0 aromatic carbocycles. The predicted molar refractivity (Wildman–Crippen MR) is 64.7 cm³/mol. The van der Waals surface area contributed by atoms with E-state index in [0.29, 0.717) is 0 Å². The number of hydrogen-bond donors (Lipinski definition) is 1. The van der Waals surface area contributed by atoms with Gasteiger partial charge in [0.2, 0.25) is 5.95 Å². The molecule has 1 aromatic rings. The molecule has 96 valence electrons. The quantitative estimate of drug-likeness (QED) is 0.818. The Morgan fingerprint density at radius 1 is 1.39 bits per heavy atom. The number of rotatable bonds is 3. The van der Waals surface area contributed by atoms with Gasteiger partial charge in [0.15, 0.2) is 0 Å². The van der Waals surface area contributed by atoms with Crippen molar-refractivity contribution >= 4 is 5.91 Å². The van der Waals surface area contributed by atoms with E-state index in [9.17, 15) is 9.18 Å². The summed E-state index contributed by atoms with van der Waals surface area (Å²) < 4.78 is 12.9. The molecule has 0 radical (unpaired) electrons. The van der Waals surface area contributed by atoms with Gasteiger partial charge < -0.3 is 5.32 Å². The van der Waals surface area contributed by atoms with Gasteiger partial charge in [0.05, 0.1) is 0 Å². The van der Waals surface area contributed by atoms with E-state index in [1.165, 1.54) is 31.0 Å². The second-order valence-corrected chi connectivity index (χ2v) is 5.03. The van der Waals surface area contributed by atoms with Crippen molar-refractivity contribution in [2.45, 2.75) is 31.3 Å². The molecule has 1 aromatic heterocycles. The number of carbonyl (C=O) groups is 1. The average molecular weight is 249 g/mol. The van der Waals surface area contributed by atoms with Crippen LogP contribution in [0.25, 0.3) is 0 Å². The van der Waals surface area contributed by atoms with Gasteiger partial charge in [0.1, 0.15) is 5.69 Å². The molecular formula is C13H16FN3O. The van der Waals surface area contributed by atoms with Crippen molar-refractivity contribution in [3.63, 3.8) is 0 Å². The van der Waals surface area contributed by atoms with Gasteiger partial charge in [-0.3, -0.25) is 9.69 Å². The molecule has 18 heavy (non-hydrogen) atoms. The van der Waals surface area contributed by atoms with Crippen molar-refractivity contribution in [3.8, 4) is 0 Å². The molecule has 1 aliphatic heterocycles. The standard InChI is InChI=1S/C13H16FN3O/c14-12-3-1-2-11(16-12)13(18)15-9-6-7-17(8-9)10-4-5-10/h1-3,9-10H,4-8H2,(H,15,18). The number of pyridine rings is 1. The lowest BCUT2D eigenvalue weighted by Gasteiger charge is -2.15. The summed E-state index contributed by atoms with van der Waals surface area (Å²) in [6, 6.07) is 5.18. The van der Waals surface area contributed by atoms with Gasteiger partial charge in [-0.15, -0.1) is 0 Å². The minimum absolute atomic E-state index is 0.153. The van der Waals surface area contributed by atoms with Crippen LogP contribution in [0.2, 0.25) is 0 Å². The second-order valence-electron chi connectivity index (χ2n) is 5.03. The van der Waals surface area contributed by atoms with Crippen LogP contribution < -0.4 is 5.32 Å². The van der Waals surface area contributed by atoms with Crippen LogP contribution in [-0.4, -0.2) is 41.0 Å². The molecule has 1 atom stereocenters. The third-order valence-electron chi connectivity index (χ3n) is 3.57. The van der Waals surface area contributed by atoms with E-state index in [2.05, 4.69) is 15.2 Å². The smallest absolute Gasteiger partial charge is 0.270 e. The van der Waals surface area contributed by atoms with Crippen LogP contribution in [0.5, 0.6) is 0 Å². The minimum atomic E-state index is -0.617. The second kappa shape index (κ2) is 4.65. The summed E-state index contributed by atoms with van der Waals surface area (Å²) in [6.45, 7) is 1.96. The Morgan fingerprint density at radius 2 is 2.22 bits per heavy atom. The molecule has 4 nitrogen and oxygen atoms in total. The molecule has 2 heterocycles. The van der Waals surface area contributed by atoms with Crippen LogP contribution >= 0.6 is 0 Å². The summed E-state index contributed by atoms with van der Waals surface area (Å²) in [5.74, 6) is -0.897. The Hall–Kier alpha value is -1.49. The summed E-state index contributed by atoms with van der Waals surface area (Å²) in [4.78, 5) is 17.9. The fraction of sp³-hybridized carbons (Fsp3) is 0.538. The lowest BCUT2D eigenvalue weighted by molar-refractivity contribution is 0.0931. The van der Waals surface area contributed by atoms with Crippen molar-refractivity contribution in [1.82, 2.24) is 15.2 Å². The number of aromatic nitrogens is 1. The van der Waals surface area contributed by atoms with Crippen molar-refractivity contribution < 1.29 is 9.18 Å².